The van der Waals surface area contributed by atoms with Crippen molar-refractivity contribution in [3.05, 3.63) is 11.6 Å². The lowest BCUT2D eigenvalue weighted by atomic mass is 9.46. The number of hydrogen-bond acceptors (Lipinski definition) is 4. The molecule has 0 radical (unpaired) electrons. The first-order valence-corrected chi connectivity index (χ1v) is 14.8. The van der Waals surface area contributed by atoms with Crippen LogP contribution in [0.15, 0.2) is 11.6 Å². The SMILES string of the molecule is C[C@H](CCC(C)(O)C(F)(F)F)[C@H]1CC[C@H]2[C@@H]3CC=C4C[C@@](C)(OS(=O)(=O)O)CC[C@]4(C)[C@H]3CC[C@]12C. The number of allylic oxidation sites excluding steroid dienone is 1. The van der Waals surface area contributed by atoms with Gasteiger partial charge in [0.15, 0.2) is 5.60 Å². The molecule has 0 bridgehead atoms. The molecule has 2 N–H and O–H groups in total. The van der Waals surface area contributed by atoms with E-state index in [2.05, 4.69) is 26.8 Å². The monoisotopic (exact) mass is 536 g/mol. The van der Waals surface area contributed by atoms with E-state index in [1.807, 2.05) is 0 Å². The third-order valence-corrected chi connectivity index (χ3v) is 11.7. The van der Waals surface area contributed by atoms with Crippen LogP contribution < -0.4 is 0 Å². The van der Waals surface area contributed by atoms with Crippen LogP contribution in [0.1, 0.15) is 98.8 Å². The Bertz CT molecular complexity index is 992. The van der Waals surface area contributed by atoms with Crippen molar-refractivity contribution in [2.45, 2.75) is 116 Å². The Hall–Kier alpha value is -0.640. The molecule has 4 aliphatic rings. The molecule has 4 aliphatic carbocycles. The average Bonchev–Trinajstić information content (AvgIpc) is 3.08. The molecule has 0 aromatic heterocycles. The first-order chi connectivity index (χ1) is 16.3. The van der Waals surface area contributed by atoms with Crippen LogP contribution in [0.2, 0.25) is 0 Å². The molecule has 0 saturated heterocycles. The van der Waals surface area contributed by atoms with Gasteiger partial charge < -0.3 is 5.11 Å². The summed E-state index contributed by atoms with van der Waals surface area (Å²) < 4.78 is 76.7. The molecule has 3 fully saturated rings. The number of halogens is 3. The molecule has 208 valence electrons. The fraction of sp³-hybridized carbons (Fsp3) is 0.926. The molecule has 0 spiro atoms. The Morgan fingerprint density at radius 2 is 1.78 bits per heavy atom. The summed E-state index contributed by atoms with van der Waals surface area (Å²) in [5.41, 5.74) is -2.28. The fourth-order valence-corrected chi connectivity index (χ4v) is 9.60. The van der Waals surface area contributed by atoms with Crippen molar-refractivity contribution in [1.82, 2.24) is 0 Å². The maximum absolute atomic E-state index is 13.2. The van der Waals surface area contributed by atoms with Gasteiger partial charge in [0.25, 0.3) is 0 Å². The van der Waals surface area contributed by atoms with Gasteiger partial charge in [0.1, 0.15) is 0 Å². The second kappa shape index (κ2) is 8.95. The van der Waals surface area contributed by atoms with Crippen molar-refractivity contribution >= 4 is 10.4 Å². The van der Waals surface area contributed by atoms with Crippen LogP contribution >= 0.6 is 0 Å². The van der Waals surface area contributed by atoms with E-state index < -0.39 is 27.8 Å². The quantitative estimate of drug-likeness (QED) is 0.286. The predicted molar refractivity (Wildman–Crippen MR) is 131 cm³/mol. The lowest BCUT2D eigenvalue weighted by Crippen LogP contribution is -2.52. The molecule has 4 rings (SSSR count). The van der Waals surface area contributed by atoms with Crippen LogP contribution in [0, 0.1) is 40.4 Å². The first kappa shape index (κ1) is 28.4. The summed E-state index contributed by atoms with van der Waals surface area (Å²) in [4.78, 5) is 0. The molecule has 9 atom stereocenters. The highest BCUT2D eigenvalue weighted by Gasteiger charge is 2.60. The minimum absolute atomic E-state index is 0.0263. The molecule has 5 nitrogen and oxygen atoms in total. The van der Waals surface area contributed by atoms with Gasteiger partial charge in [0.05, 0.1) is 5.60 Å². The van der Waals surface area contributed by atoms with E-state index >= 15 is 0 Å². The third-order valence-electron chi connectivity index (χ3n) is 11.1. The van der Waals surface area contributed by atoms with Crippen LogP contribution in [-0.4, -0.2) is 35.5 Å². The summed E-state index contributed by atoms with van der Waals surface area (Å²) in [6.07, 6.45) is 4.78. The van der Waals surface area contributed by atoms with Crippen molar-refractivity contribution in [1.29, 1.82) is 0 Å². The van der Waals surface area contributed by atoms with Crippen LogP contribution in [0.4, 0.5) is 13.2 Å². The standard InChI is InChI=1S/C27H43F3O5S/c1-17(10-13-26(5,31)27(28,29)30)20-8-9-21-19-7-6-18-16-23(2,35-36(32,33)34)14-15-24(18,3)22(19)11-12-25(20,21)4/h6,17,19-22,31H,7-16H2,1-5H3,(H,32,33,34)/t17-,19+,20-,21+,22+,23+,24+,25-,26?/m1/s1. The molecule has 3 saturated carbocycles. The van der Waals surface area contributed by atoms with Crippen molar-refractivity contribution in [3.63, 3.8) is 0 Å². The molecule has 0 amide bonds. The minimum atomic E-state index is -4.61. The van der Waals surface area contributed by atoms with E-state index in [0.717, 1.165) is 45.4 Å². The summed E-state index contributed by atoms with van der Waals surface area (Å²) in [5.74, 6) is 1.99. The number of aliphatic hydroxyl groups is 1. The smallest absolute Gasteiger partial charge is 0.381 e. The van der Waals surface area contributed by atoms with Crippen molar-refractivity contribution in [3.8, 4) is 0 Å². The average molecular weight is 537 g/mol. The fourth-order valence-electron chi connectivity index (χ4n) is 8.94. The Balaban J connectivity index is 1.49. The molecule has 0 heterocycles. The predicted octanol–water partition coefficient (Wildman–Crippen LogP) is 6.87. The molecule has 1 unspecified atom stereocenters. The van der Waals surface area contributed by atoms with Gasteiger partial charge in [0, 0.05) is 0 Å². The topological polar surface area (TPSA) is 83.8 Å². The highest BCUT2D eigenvalue weighted by molar-refractivity contribution is 7.80. The molecular weight excluding hydrogens is 493 g/mol. The normalized spacial score (nSPS) is 43.6. The van der Waals surface area contributed by atoms with Gasteiger partial charge >= 0.3 is 16.6 Å². The Morgan fingerprint density at radius 1 is 1.11 bits per heavy atom. The summed E-state index contributed by atoms with van der Waals surface area (Å²) in [5, 5.41) is 9.94. The lowest BCUT2D eigenvalue weighted by molar-refractivity contribution is -0.256. The van der Waals surface area contributed by atoms with Gasteiger partial charge in [-0.05, 0) is 118 Å². The van der Waals surface area contributed by atoms with Gasteiger partial charge in [-0.3, -0.25) is 4.55 Å². The lowest BCUT2D eigenvalue weighted by Gasteiger charge is -2.59. The van der Waals surface area contributed by atoms with E-state index in [4.69, 9.17) is 4.18 Å². The molecule has 9 heteroatoms. The zero-order valence-electron chi connectivity index (χ0n) is 22.2. The summed E-state index contributed by atoms with van der Waals surface area (Å²) in [7, 11) is -4.53. The minimum Gasteiger partial charge on any atom is -0.381 e. The van der Waals surface area contributed by atoms with Gasteiger partial charge in [-0.2, -0.15) is 21.6 Å². The van der Waals surface area contributed by atoms with E-state index in [1.54, 1.807) is 6.92 Å². The van der Waals surface area contributed by atoms with Crippen LogP contribution in [0.25, 0.3) is 0 Å². The van der Waals surface area contributed by atoms with Gasteiger partial charge in [-0.25, -0.2) is 4.18 Å². The second-order valence-electron chi connectivity index (χ2n) is 13.4. The highest BCUT2D eigenvalue weighted by atomic mass is 32.3. The molecule has 0 aromatic carbocycles. The van der Waals surface area contributed by atoms with Crippen molar-refractivity contribution in [2.24, 2.45) is 40.4 Å². The zero-order chi connectivity index (χ0) is 26.9. The van der Waals surface area contributed by atoms with E-state index in [-0.39, 0.29) is 23.2 Å². The Labute approximate surface area is 214 Å². The van der Waals surface area contributed by atoms with Crippen molar-refractivity contribution < 1.29 is 35.4 Å². The van der Waals surface area contributed by atoms with Crippen molar-refractivity contribution in [2.75, 3.05) is 0 Å². The van der Waals surface area contributed by atoms with E-state index in [1.165, 1.54) is 5.57 Å². The number of hydrogen-bond donors (Lipinski definition) is 2. The Morgan fingerprint density at radius 3 is 2.39 bits per heavy atom. The van der Waals surface area contributed by atoms with E-state index in [0.29, 0.717) is 42.9 Å². The van der Waals surface area contributed by atoms with Crippen LogP contribution in [0.3, 0.4) is 0 Å². The molecule has 0 aromatic rings. The maximum Gasteiger partial charge on any atom is 0.416 e. The van der Waals surface area contributed by atoms with Gasteiger partial charge in [-0.1, -0.05) is 32.4 Å². The van der Waals surface area contributed by atoms with Gasteiger partial charge in [-0.15, -0.1) is 0 Å². The largest absolute Gasteiger partial charge is 0.416 e. The Kier molecular flexibility index (Phi) is 7.05. The summed E-state index contributed by atoms with van der Waals surface area (Å²) in [6, 6.07) is 0. The molecular formula is C27H43F3O5S. The van der Waals surface area contributed by atoms with Crippen LogP contribution in [0.5, 0.6) is 0 Å². The van der Waals surface area contributed by atoms with Crippen LogP contribution in [-0.2, 0) is 14.6 Å². The van der Waals surface area contributed by atoms with E-state index in [9.17, 15) is 31.2 Å². The van der Waals surface area contributed by atoms with Gasteiger partial charge in [0.2, 0.25) is 0 Å². The molecule has 0 aliphatic heterocycles. The number of fused-ring (bicyclic) bond motifs is 5. The summed E-state index contributed by atoms with van der Waals surface area (Å²) >= 11 is 0. The number of rotatable bonds is 6. The first-order valence-electron chi connectivity index (χ1n) is 13.5. The second-order valence-corrected chi connectivity index (χ2v) is 14.4. The zero-order valence-corrected chi connectivity index (χ0v) is 23.0. The third kappa shape index (κ3) is 4.91. The summed E-state index contributed by atoms with van der Waals surface area (Å²) in [6.45, 7) is 9.36. The highest BCUT2D eigenvalue weighted by Crippen LogP contribution is 2.68. The maximum atomic E-state index is 13.2. The molecule has 36 heavy (non-hydrogen) atoms. The number of alkyl halides is 3.